The van der Waals surface area contributed by atoms with Gasteiger partial charge in [-0.3, -0.25) is 4.79 Å². The van der Waals surface area contributed by atoms with Gasteiger partial charge in [0.15, 0.2) is 0 Å². The van der Waals surface area contributed by atoms with Gasteiger partial charge < -0.3 is 5.73 Å². The molecule has 0 fully saturated rings. The van der Waals surface area contributed by atoms with E-state index in [2.05, 4.69) is 4.72 Å². The Balaban J connectivity index is 2.23. The quantitative estimate of drug-likeness (QED) is 0.882. The third-order valence-electron chi connectivity index (χ3n) is 3.33. The molecule has 6 heteroatoms. The van der Waals surface area contributed by atoms with E-state index in [1.165, 1.54) is 6.07 Å². The van der Waals surface area contributed by atoms with E-state index in [1.54, 1.807) is 12.1 Å². The van der Waals surface area contributed by atoms with Crippen LogP contribution in [-0.4, -0.2) is 20.4 Å². The lowest BCUT2D eigenvalue weighted by Gasteiger charge is -2.14. The van der Waals surface area contributed by atoms with Crippen molar-refractivity contribution in [1.82, 2.24) is 4.72 Å². The Morgan fingerprint density at radius 2 is 1.77 bits per heavy atom. The Hall–Kier alpha value is -1.92. The molecule has 22 heavy (non-hydrogen) atoms. The van der Waals surface area contributed by atoms with Gasteiger partial charge in [-0.1, -0.05) is 44.2 Å². The van der Waals surface area contributed by atoms with Crippen molar-refractivity contribution >= 4 is 26.7 Å². The summed E-state index contributed by atoms with van der Waals surface area (Å²) in [6.07, 6.45) is 0.430. The predicted molar refractivity (Wildman–Crippen MR) is 86.7 cm³/mol. The highest BCUT2D eigenvalue weighted by molar-refractivity contribution is 7.90. The monoisotopic (exact) mass is 320 g/mol. The first-order valence-electron chi connectivity index (χ1n) is 7.10. The number of amides is 1. The zero-order valence-corrected chi connectivity index (χ0v) is 13.4. The van der Waals surface area contributed by atoms with Crippen LogP contribution in [0.15, 0.2) is 47.4 Å². The fourth-order valence-electron chi connectivity index (χ4n) is 2.22. The molecule has 118 valence electrons. The van der Waals surface area contributed by atoms with Crippen LogP contribution in [0.1, 0.15) is 20.3 Å². The lowest BCUT2D eigenvalue weighted by Crippen LogP contribution is -2.43. The highest BCUT2D eigenvalue weighted by Gasteiger charge is 2.22. The molecule has 2 aromatic rings. The van der Waals surface area contributed by atoms with Crippen LogP contribution in [0.5, 0.6) is 0 Å². The van der Waals surface area contributed by atoms with Gasteiger partial charge in [0.1, 0.15) is 0 Å². The average Bonchev–Trinajstić information content (AvgIpc) is 2.45. The zero-order chi connectivity index (χ0) is 16.3. The van der Waals surface area contributed by atoms with Gasteiger partial charge in [0.05, 0.1) is 10.9 Å². The van der Waals surface area contributed by atoms with Crippen LogP contribution in [0.25, 0.3) is 10.8 Å². The summed E-state index contributed by atoms with van der Waals surface area (Å²) in [5.41, 5.74) is 5.72. The minimum Gasteiger partial charge on any atom is -0.320 e. The number of fused-ring (bicyclic) bond motifs is 1. The van der Waals surface area contributed by atoms with Gasteiger partial charge in [-0.2, -0.15) is 0 Å². The molecule has 0 spiro atoms. The molecular formula is C16H20N2O3S. The third-order valence-corrected chi connectivity index (χ3v) is 4.67. The number of carbonyl (C=O) groups is 1. The van der Waals surface area contributed by atoms with Crippen molar-refractivity contribution in [3.63, 3.8) is 0 Å². The Morgan fingerprint density at radius 3 is 2.41 bits per heavy atom. The van der Waals surface area contributed by atoms with Gasteiger partial charge in [-0.25, -0.2) is 13.1 Å². The molecule has 0 aliphatic heterocycles. The topological polar surface area (TPSA) is 89.3 Å². The van der Waals surface area contributed by atoms with Gasteiger partial charge in [-0.05, 0) is 35.2 Å². The maximum atomic E-state index is 12.3. The number of benzene rings is 2. The van der Waals surface area contributed by atoms with Crippen LogP contribution < -0.4 is 10.5 Å². The molecule has 3 N–H and O–H groups in total. The number of nitrogens with two attached hydrogens (primary N) is 1. The van der Waals surface area contributed by atoms with Crippen LogP contribution in [-0.2, 0) is 14.8 Å². The van der Waals surface area contributed by atoms with Gasteiger partial charge in [0.2, 0.25) is 0 Å². The first-order valence-corrected chi connectivity index (χ1v) is 8.59. The summed E-state index contributed by atoms with van der Waals surface area (Å²) in [6, 6.07) is 11.3. The lowest BCUT2D eigenvalue weighted by molar-refractivity contribution is -0.120. The van der Waals surface area contributed by atoms with Gasteiger partial charge >= 0.3 is 0 Å². The summed E-state index contributed by atoms with van der Waals surface area (Å²) in [7, 11) is -3.91. The molecule has 1 amide bonds. The molecule has 0 aliphatic rings. The molecule has 0 saturated heterocycles. The van der Waals surface area contributed by atoms with Crippen molar-refractivity contribution in [2.45, 2.75) is 31.2 Å². The van der Waals surface area contributed by atoms with Crippen molar-refractivity contribution in [2.75, 3.05) is 0 Å². The number of nitrogens with one attached hydrogen (secondary N) is 1. The smallest absolute Gasteiger partial charge is 0.264 e. The van der Waals surface area contributed by atoms with Crippen LogP contribution in [0.2, 0.25) is 0 Å². The number of sulfonamides is 1. The summed E-state index contributed by atoms with van der Waals surface area (Å²) in [4.78, 5) is 12.0. The van der Waals surface area contributed by atoms with Crippen molar-refractivity contribution < 1.29 is 13.2 Å². The van der Waals surface area contributed by atoms with Crippen LogP contribution >= 0.6 is 0 Å². The zero-order valence-electron chi connectivity index (χ0n) is 12.6. The molecule has 0 unspecified atom stereocenters. The van der Waals surface area contributed by atoms with Gasteiger partial charge in [-0.15, -0.1) is 0 Å². The summed E-state index contributed by atoms with van der Waals surface area (Å²) in [6.45, 7) is 3.84. The minimum absolute atomic E-state index is 0.0521. The Bertz CT molecular complexity index is 785. The lowest BCUT2D eigenvalue weighted by atomic mass is 10.0. The predicted octanol–water partition coefficient (Wildman–Crippen LogP) is 2.02. The molecule has 0 saturated carbocycles. The molecule has 1 atom stereocenters. The van der Waals surface area contributed by atoms with E-state index in [4.69, 9.17) is 5.73 Å². The Labute approximate surface area is 130 Å². The molecular weight excluding hydrogens is 300 g/mol. The first-order chi connectivity index (χ1) is 10.3. The van der Waals surface area contributed by atoms with Crippen LogP contribution in [0.3, 0.4) is 0 Å². The van der Waals surface area contributed by atoms with Crippen molar-refractivity contribution in [3.8, 4) is 0 Å². The fourth-order valence-corrected chi connectivity index (χ4v) is 3.28. The van der Waals surface area contributed by atoms with E-state index >= 15 is 0 Å². The van der Waals surface area contributed by atoms with E-state index in [-0.39, 0.29) is 10.8 Å². The second-order valence-electron chi connectivity index (χ2n) is 5.71. The van der Waals surface area contributed by atoms with Crippen LogP contribution in [0.4, 0.5) is 0 Å². The number of carbonyl (C=O) groups excluding carboxylic acids is 1. The van der Waals surface area contributed by atoms with E-state index in [0.717, 1.165) is 10.8 Å². The molecule has 0 bridgehead atoms. The molecule has 0 radical (unpaired) electrons. The second kappa shape index (κ2) is 6.46. The molecule has 0 aromatic heterocycles. The van der Waals surface area contributed by atoms with E-state index in [0.29, 0.717) is 6.42 Å². The summed E-state index contributed by atoms with van der Waals surface area (Å²) in [5, 5.41) is 1.73. The maximum absolute atomic E-state index is 12.3. The first kappa shape index (κ1) is 16.5. The highest BCUT2D eigenvalue weighted by Crippen LogP contribution is 2.19. The van der Waals surface area contributed by atoms with Crippen LogP contribution in [0, 0.1) is 5.92 Å². The molecule has 2 aromatic carbocycles. The summed E-state index contributed by atoms with van der Waals surface area (Å²) >= 11 is 0. The molecule has 0 aliphatic carbocycles. The number of hydrogen-bond donors (Lipinski definition) is 2. The van der Waals surface area contributed by atoms with Crippen molar-refractivity contribution in [1.29, 1.82) is 0 Å². The van der Waals surface area contributed by atoms with Crippen molar-refractivity contribution in [2.24, 2.45) is 11.7 Å². The Morgan fingerprint density at radius 1 is 1.14 bits per heavy atom. The largest absolute Gasteiger partial charge is 0.320 e. The maximum Gasteiger partial charge on any atom is 0.264 e. The summed E-state index contributed by atoms with van der Waals surface area (Å²) < 4.78 is 26.6. The molecule has 0 heterocycles. The van der Waals surface area contributed by atoms with E-state index in [1.807, 2.05) is 38.1 Å². The number of hydrogen-bond acceptors (Lipinski definition) is 4. The standard InChI is InChI=1S/C16H20N2O3S/c1-11(2)9-15(17)16(19)18-22(20,21)14-8-7-12-5-3-4-6-13(12)10-14/h3-8,10-11,15H,9,17H2,1-2H3,(H,18,19)/t15-/m0/s1. The SMILES string of the molecule is CC(C)C[C@H](N)C(=O)NS(=O)(=O)c1ccc2ccccc2c1. The third kappa shape index (κ3) is 3.84. The molecule has 2 rings (SSSR count). The normalized spacial score (nSPS) is 13.3. The number of rotatable bonds is 5. The second-order valence-corrected chi connectivity index (χ2v) is 7.40. The van der Waals surface area contributed by atoms with Gasteiger partial charge in [0, 0.05) is 0 Å². The summed E-state index contributed by atoms with van der Waals surface area (Å²) in [5.74, 6) is -0.467. The Kier molecular flexibility index (Phi) is 4.83. The average molecular weight is 320 g/mol. The van der Waals surface area contributed by atoms with E-state index in [9.17, 15) is 13.2 Å². The minimum atomic E-state index is -3.91. The van der Waals surface area contributed by atoms with E-state index < -0.39 is 22.0 Å². The van der Waals surface area contributed by atoms with Crippen molar-refractivity contribution in [3.05, 3.63) is 42.5 Å². The van der Waals surface area contributed by atoms with Gasteiger partial charge in [0.25, 0.3) is 15.9 Å². The fraction of sp³-hybridized carbons (Fsp3) is 0.312. The highest BCUT2D eigenvalue weighted by atomic mass is 32.2. The molecule has 5 nitrogen and oxygen atoms in total.